The van der Waals surface area contributed by atoms with Crippen molar-refractivity contribution in [2.45, 2.75) is 47.0 Å². The summed E-state index contributed by atoms with van der Waals surface area (Å²) < 4.78 is 0. The molecule has 0 heterocycles. The van der Waals surface area contributed by atoms with Crippen molar-refractivity contribution >= 4 is 33.3 Å². The van der Waals surface area contributed by atoms with Crippen LogP contribution in [0.5, 0.6) is 0 Å². The van der Waals surface area contributed by atoms with Crippen LogP contribution in [0.15, 0.2) is 0 Å². The van der Waals surface area contributed by atoms with Crippen molar-refractivity contribution in [1.82, 2.24) is 5.32 Å². The van der Waals surface area contributed by atoms with E-state index < -0.39 is 0 Å². The summed E-state index contributed by atoms with van der Waals surface area (Å²) in [6, 6.07) is 0. The van der Waals surface area contributed by atoms with E-state index in [4.69, 9.17) is 5.73 Å². The van der Waals surface area contributed by atoms with Gasteiger partial charge in [0.1, 0.15) is 5.78 Å². The molecule has 20 heavy (non-hydrogen) atoms. The van der Waals surface area contributed by atoms with Gasteiger partial charge in [-0.1, -0.05) is 49.3 Å². The lowest BCUT2D eigenvalue weighted by atomic mass is 10.00. The van der Waals surface area contributed by atoms with E-state index >= 15 is 0 Å². The van der Waals surface area contributed by atoms with Crippen LogP contribution in [0.1, 0.15) is 49.8 Å². The van der Waals surface area contributed by atoms with Crippen LogP contribution < -0.4 is 11.1 Å². The first-order valence-corrected chi connectivity index (χ1v) is 9.84. The Morgan fingerprint density at radius 2 is 1.80 bits per heavy atom. The fourth-order valence-electron chi connectivity index (χ4n) is 1.20. The molecule has 0 aliphatic carbocycles. The Bertz CT molecular complexity index is 261. The molecule has 124 valence electrons. The zero-order valence-corrected chi connectivity index (χ0v) is 14.9. The maximum Gasteiger partial charge on any atom is 0.220 e. The molecule has 0 aromatic heterocycles. The highest BCUT2D eigenvalue weighted by molar-refractivity contribution is 8.76. The predicted octanol–water partition coefficient (Wildman–Crippen LogP) is 3.36. The molecule has 0 radical (unpaired) electrons. The van der Waals surface area contributed by atoms with Gasteiger partial charge in [0, 0.05) is 46.2 Å². The van der Waals surface area contributed by atoms with Gasteiger partial charge in [-0.3, -0.25) is 9.59 Å². The number of ketones is 1. The third kappa shape index (κ3) is 14.2. The van der Waals surface area contributed by atoms with Crippen LogP contribution in [0.25, 0.3) is 0 Å². The Labute approximate surface area is 134 Å². The molecule has 0 rings (SSSR count). The van der Waals surface area contributed by atoms with Crippen molar-refractivity contribution in [3.63, 3.8) is 0 Å². The smallest absolute Gasteiger partial charge is 0.220 e. The standard InChI is InChI=1S/C12H24N2O2S2.C2H6.2H2/c1-3-10(2)11(15)4-5-12(16)14-7-9-18-17-8-6-13;1-2;;/h10H,3-9,13H2,1-2H3,(H,14,16);1-2H3;2*1H. The summed E-state index contributed by atoms with van der Waals surface area (Å²) in [6.45, 7) is 9.23. The fraction of sp³-hybridized carbons (Fsp3) is 0.857. The Morgan fingerprint density at radius 1 is 1.20 bits per heavy atom. The molecule has 3 N–H and O–H groups in total. The number of hydrogen-bond acceptors (Lipinski definition) is 5. The van der Waals surface area contributed by atoms with E-state index in [1.165, 1.54) is 0 Å². The second-order valence-corrected chi connectivity index (χ2v) is 6.76. The molecule has 6 heteroatoms. The minimum atomic E-state index is -0.0314. The molecule has 0 aliphatic rings. The van der Waals surface area contributed by atoms with Crippen molar-refractivity contribution in [2.75, 3.05) is 24.6 Å². The molecule has 0 spiro atoms. The maximum absolute atomic E-state index is 11.5. The van der Waals surface area contributed by atoms with E-state index in [9.17, 15) is 9.59 Å². The Balaban J connectivity index is -0.000000387. The SMILES string of the molecule is CC.CCC(C)C(=O)CCC(=O)NCCSSCCN.[HH].[HH]. The second kappa shape index (κ2) is 16.9. The van der Waals surface area contributed by atoms with Gasteiger partial charge < -0.3 is 11.1 Å². The monoisotopic (exact) mass is 326 g/mol. The molecular weight excluding hydrogens is 292 g/mol. The van der Waals surface area contributed by atoms with Crippen LogP contribution in [0.2, 0.25) is 0 Å². The normalized spacial score (nSPS) is 11.2. The summed E-state index contributed by atoms with van der Waals surface area (Å²) in [7, 11) is 3.42. The average molecular weight is 327 g/mol. The maximum atomic E-state index is 11.5. The highest BCUT2D eigenvalue weighted by Gasteiger charge is 2.12. The molecule has 0 saturated heterocycles. The molecule has 1 unspecified atom stereocenters. The van der Waals surface area contributed by atoms with E-state index in [1.807, 2.05) is 27.7 Å². The second-order valence-electron chi connectivity index (χ2n) is 4.06. The van der Waals surface area contributed by atoms with Crippen LogP contribution in [-0.2, 0) is 9.59 Å². The third-order valence-electron chi connectivity index (χ3n) is 2.55. The van der Waals surface area contributed by atoms with Gasteiger partial charge in [-0.15, -0.1) is 0 Å². The third-order valence-corrected chi connectivity index (χ3v) is 4.99. The van der Waals surface area contributed by atoms with Gasteiger partial charge in [0.25, 0.3) is 0 Å². The van der Waals surface area contributed by atoms with Gasteiger partial charge >= 0.3 is 0 Å². The lowest BCUT2D eigenvalue weighted by Crippen LogP contribution is -2.26. The Hall–Kier alpha value is -0.200. The molecule has 0 bridgehead atoms. The van der Waals surface area contributed by atoms with Gasteiger partial charge in [-0.2, -0.15) is 0 Å². The number of nitrogens with two attached hydrogens (primary N) is 1. The summed E-state index contributed by atoms with van der Waals surface area (Å²) in [5.41, 5.74) is 5.36. The number of nitrogens with one attached hydrogen (secondary N) is 1. The number of amides is 1. The molecular formula is C14H34N2O2S2. The van der Waals surface area contributed by atoms with Gasteiger partial charge in [-0.05, 0) is 6.42 Å². The van der Waals surface area contributed by atoms with Gasteiger partial charge in [-0.25, -0.2) is 0 Å². The van der Waals surface area contributed by atoms with Gasteiger partial charge in [0.05, 0.1) is 0 Å². The summed E-state index contributed by atoms with van der Waals surface area (Å²) in [6.07, 6.45) is 1.51. The van der Waals surface area contributed by atoms with Crippen molar-refractivity contribution in [3.8, 4) is 0 Å². The minimum Gasteiger partial charge on any atom is -0.355 e. The number of carbonyl (C=O) groups excluding carboxylic acids is 2. The zero-order valence-electron chi connectivity index (χ0n) is 13.2. The number of Topliss-reactive ketones (excluding diaryl/α,β-unsaturated/α-hetero) is 1. The molecule has 0 aromatic rings. The highest BCUT2D eigenvalue weighted by atomic mass is 33.1. The van der Waals surface area contributed by atoms with Gasteiger partial charge in [0.2, 0.25) is 5.91 Å². The predicted molar refractivity (Wildman–Crippen MR) is 96.3 cm³/mol. The van der Waals surface area contributed by atoms with Crippen molar-refractivity contribution in [2.24, 2.45) is 11.7 Å². The van der Waals surface area contributed by atoms with Crippen molar-refractivity contribution in [3.05, 3.63) is 0 Å². The lowest BCUT2D eigenvalue weighted by Gasteiger charge is -2.07. The van der Waals surface area contributed by atoms with E-state index in [1.54, 1.807) is 21.6 Å². The van der Waals surface area contributed by atoms with E-state index in [0.717, 1.165) is 17.9 Å². The lowest BCUT2D eigenvalue weighted by molar-refractivity contribution is -0.127. The molecule has 0 aliphatic heterocycles. The molecule has 0 aromatic carbocycles. The van der Waals surface area contributed by atoms with Crippen molar-refractivity contribution in [1.29, 1.82) is 0 Å². The van der Waals surface area contributed by atoms with Crippen LogP contribution >= 0.6 is 21.6 Å². The van der Waals surface area contributed by atoms with E-state index in [2.05, 4.69) is 5.32 Å². The molecule has 0 fully saturated rings. The van der Waals surface area contributed by atoms with Crippen LogP contribution in [0.3, 0.4) is 0 Å². The van der Waals surface area contributed by atoms with Crippen molar-refractivity contribution < 1.29 is 12.4 Å². The topological polar surface area (TPSA) is 72.2 Å². The quantitative estimate of drug-likeness (QED) is 0.450. The Morgan fingerprint density at radius 3 is 2.35 bits per heavy atom. The summed E-state index contributed by atoms with van der Waals surface area (Å²) in [5, 5.41) is 2.82. The molecule has 1 amide bonds. The zero-order chi connectivity index (χ0) is 15.8. The Kier molecular flexibility index (Phi) is 18.6. The first kappa shape index (κ1) is 22.1. The van der Waals surface area contributed by atoms with Crippen LogP contribution in [-0.4, -0.2) is 36.3 Å². The molecule has 0 saturated carbocycles. The number of carbonyl (C=O) groups is 2. The number of hydrogen-bond donors (Lipinski definition) is 2. The number of rotatable bonds is 11. The van der Waals surface area contributed by atoms with E-state index in [0.29, 0.717) is 25.9 Å². The van der Waals surface area contributed by atoms with E-state index in [-0.39, 0.29) is 20.5 Å². The average Bonchev–Trinajstić information content (AvgIpc) is 2.49. The highest BCUT2D eigenvalue weighted by Crippen LogP contribution is 2.18. The summed E-state index contributed by atoms with van der Waals surface area (Å²) in [5.74, 6) is 2.02. The summed E-state index contributed by atoms with van der Waals surface area (Å²) >= 11 is 0. The molecule has 4 nitrogen and oxygen atoms in total. The fourth-order valence-corrected chi connectivity index (χ4v) is 2.96. The largest absolute Gasteiger partial charge is 0.355 e. The van der Waals surface area contributed by atoms with Crippen LogP contribution in [0.4, 0.5) is 0 Å². The molecule has 1 atom stereocenters. The van der Waals surface area contributed by atoms with Crippen LogP contribution in [0, 0.1) is 5.92 Å². The first-order valence-electron chi connectivity index (χ1n) is 7.35. The first-order chi connectivity index (χ1) is 9.61. The minimum absolute atomic E-state index is 0. The summed E-state index contributed by atoms with van der Waals surface area (Å²) in [4.78, 5) is 23.0. The van der Waals surface area contributed by atoms with Gasteiger partial charge in [0.15, 0.2) is 0 Å².